The number of esters is 1. The Bertz CT molecular complexity index is 288. The predicted molar refractivity (Wildman–Crippen MR) is 36.0 cm³/mol. The van der Waals surface area contributed by atoms with E-state index in [1.54, 1.807) is 0 Å². The van der Waals surface area contributed by atoms with Crippen LogP contribution in [0.4, 0.5) is 0 Å². The molecule has 5 nitrogen and oxygen atoms in total. The molecule has 1 heterocycles. The van der Waals surface area contributed by atoms with Gasteiger partial charge in [-0.05, 0) is 6.92 Å². The Labute approximate surface area is 67.6 Å². The Balaban J connectivity index is 2.98. The van der Waals surface area contributed by atoms with E-state index in [9.17, 15) is 14.4 Å². The third-order valence-corrected chi connectivity index (χ3v) is 1.37. The number of ketones is 1. The molecule has 0 aromatic rings. The minimum atomic E-state index is -1.69. The number of aliphatic carboxylic acids is 1. The van der Waals surface area contributed by atoms with Crippen LogP contribution in [-0.2, 0) is 19.1 Å². The summed E-state index contributed by atoms with van der Waals surface area (Å²) < 4.78 is 4.45. The number of allylic oxidation sites excluding steroid dienone is 2. The topological polar surface area (TPSA) is 80.7 Å². The van der Waals surface area contributed by atoms with Crippen LogP contribution in [0.15, 0.2) is 11.8 Å². The second kappa shape index (κ2) is 2.77. The number of rotatable bonds is 1. The predicted octanol–water partition coefficient (Wildman–Crippen LogP) is -0.283. The molecule has 0 aromatic heterocycles. The summed E-state index contributed by atoms with van der Waals surface area (Å²) in [6, 6.07) is 0. The van der Waals surface area contributed by atoms with E-state index in [2.05, 4.69) is 4.74 Å². The van der Waals surface area contributed by atoms with Crippen molar-refractivity contribution in [2.45, 2.75) is 6.92 Å². The number of ether oxygens (including phenoxy) is 1. The highest BCUT2D eigenvalue weighted by Gasteiger charge is 2.37. The molecule has 1 N–H and O–H groups in total. The molecule has 5 heteroatoms. The summed E-state index contributed by atoms with van der Waals surface area (Å²) in [6.45, 7) is 1.41. The number of hydrogen-bond acceptors (Lipinski definition) is 4. The Kier molecular flexibility index (Phi) is 1.95. The van der Waals surface area contributed by atoms with Crippen molar-refractivity contribution in [1.29, 1.82) is 0 Å². The zero-order valence-electron chi connectivity index (χ0n) is 6.23. The van der Waals surface area contributed by atoms with E-state index in [4.69, 9.17) is 5.11 Å². The van der Waals surface area contributed by atoms with Crippen molar-refractivity contribution < 1.29 is 24.2 Å². The summed E-state index contributed by atoms with van der Waals surface area (Å²) in [7, 11) is 0. The molecule has 1 atom stereocenters. The molecular formula is C7H6O5. The van der Waals surface area contributed by atoms with Crippen molar-refractivity contribution in [3.63, 3.8) is 0 Å². The first-order valence-corrected chi connectivity index (χ1v) is 3.19. The van der Waals surface area contributed by atoms with Gasteiger partial charge in [0.15, 0.2) is 5.78 Å². The summed E-state index contributed by atoms with van der Waals surface area (Å²) >= 11 is 0. The van der Waals surface area contributed by atoms with Crippen LogP contribution in [0.3, 0.4) is 0 Å². The molecule has 1 aliphatic heterocycles. The standard InChI is InChI=1S/C7H6O5/c1-3-2-4(8)5(6(9)10)7(11)12-3/h2,5H,1H3,(H,9,10). The lowest BCUT2D eigenvalue weighted by molar-refractivity contribution is -0.159. The van der Waals surface area contributed by atoms with Gasteiger partial charge in [0.2, 0.25) is 5.92 Å². The van der Waals surface area contributed by atoms with Gasteiger partial charge in [0.25, 0.3) is 0 Å². The minimum absolute atomic E-state index is 0.127. The van der Waals surface area contributed by atoms with E-state index in [0.717, 1.165) is 6.08 Å². The smallest absolute Gasteiger partial charge is 0.333 e. The van der Waals surface area contributed by atoms with E-state index in [-0.39, 0.29) is 5.76 Å². The van der Waals surface area contributed by atoms with E-state index in [0.29, 0.717) is 0 Å². The molecule has 0 aromatic carbocycles. The van der Waals surface area contributed by atoms with Gasteiger partial charge in [-0.3, -0.25) is 14.4 Å². The number of carboxylic acids is 1. The summed E-state index contributed by atoms with van der Waals surface area (Å²) in [6.07, 6.45) is 1.00. The third kappa shape index (κ3) is 1.34. The highest BCUT2D eigenvalue weighted by molar-refractivity contribution is 6.19. The highest BCUT2D eigenvalue weighted by atomic mass is 16.5. The number of carboxylic acid groups (broad SMARTS) is 1. The lowest BCUT2D eigenvalue weighted by Gasteiger charge is -2.14. The van der Waals surface area contributed by atoms with Crippen LogP contribution in [-0.4, -0.2) is 22.8 Å². The first-order chi connectivity index (χ1) is 5.52. The normalized spacial score (nSPS) is 23.1. The van der Waals surface area contributed by atoms with Gasteiger partial charge in [-0.25, -0.2) is 0 Å². The van der Waals surface area contributed by atoms with Gasteiger partial charge in [-0.1, -0.05) is 0 Å². The molecule has 0 bridgehead atoms. The maximum atomic E-state index is 10.9. The van der Waals surface area contributed by atoms with Crippen LogP contribution in [0.2, 0.25) is 0 Å². The lowest BCUT2D eigenvalue weighted by Crippen LogP contribution is -2.35. The van der Waals surface area contributed by atoms with Crippen LogP contribution < -0.4 is 0 Å². The molecule has 64 valence electrons. The van der Waals surface area contributed by atoms with Crippen molar-refractivity contribution in [2.75, 3.05) is 0 Å². The molecule has 1 unspecified atom stereocenters. The van der Waals surface area contributed by atoms with Crippen LogP contribution in [0, 0.1) is 5.92 Å². The molecule has 0 spiro atoms. The Morgan fingerprint density at radius 2 is 2.17 bits per heavy atom. The quantitative estimate of drug-likeness (QED) is 0.432. The molecule has 0 saturated carbocycles. The number of cyclic esters (lactones) is 1. The molecule has 0 amide bonds. The second-order valence-electron chi connectivity index (χ2n) is 2.35. The minimum Gasteiger partial charge on any atom is -0.480 e. The highest BCUT2D eigenvalue weighted by Crippen LogP contribution is 2.14. The van der Waals surface area contributed by atoms with Gasteiger partial charge in [-0.2, -0.15) is 0 Å². The zero-order chi connectivity index (χ0) is 9.30. The van der Waals surface area contributed by atoms with Crippen molar-refractivity contribution >= 4 is 17.7 Å². The molecule has 1 aliphatic rings. The van der Waals surface area contributed by atoms with Gasteiger partial charge in [0.1, 0.15) is 5.76 Å². The first kappa shape index (κ1) is 8.45. The Hall–Kier alpha value is -1.65. The summed E-state index contributed by atoms with van der Waals surface area (Å²) in [5.41, 5.74) is 0. The monoisotopic (exact) mass is 170 g/mol. The summed E-state index contributed by atoms with van der Waals surface area (Å²) in [5, 5.41) is 8.41. The lowest BCUT2D eigenvalue weighted by atomic mass is 10.0. The van der Waals surface area contributed by atoms with E-state index < -0.39 is 23.6 Å². The first-order valence-electron chi connectivity index (χ1n) is 3.19. The maximum Gasteiger partial charge on any atom is 0.333 e. The number of carbonyl (C=O) groups is 3. The second-order valence-corrected chi connectivity index (χ2v) is 2.35. The fourth-order valence-electron chi connectivity index (χ4n) is 0.869. The molecule has 12 heavy (non-hydrogen) atoms. The van der Waals surface area contributed by atoms with Gasteiger partial charge in [0.05, 0.1) is 0 Å². The fourth-order valence-corrected chi connectivity index (χ4v) is 0.869. The SMILES string of the molecule is CC1=CC(=O)C(C(=O)O)C(=O)O1. The van der Waals surface area contributed by atoms with Crippen molar-refractivity contribution in [1.82, 2.24) is 0 Å². The molecule has 0 radical (unpaired) electrons. The molecule has 0 saturated heterocycles. The van der Waals surface area contributed by atoms with Gasteiger partial charge in [0, 0.05) is 6.08 Å². The summed E-state index contributed by atoms with van der Waals surface area (Å²) in [4.78, 5) is 32.0. The summed E-state index contributed by atoms with van der Waals surface area (Å²) in [5.74, 6) is -4.80. The molecule has 0 aliphatic carbocycles. The Morgan fingerprint density at radius 1 is 1.58 bits per heavy atom. The van der Waals surface area contributed by atoms with E-state index in [1.807, 2.05) is 0 Å². The van der Waals surface area contributed by atoms with Gasteiger partial charge < -0.3 is 9.84 Å². The van der Waals surface area contributed by atoms with Gasteiger partial charge in [-0.15, -0.1) is 0 Å². The van der Waals surface area contributed by atoms with Gasteiger partial charge >= 0.3 is 11.9 Å². The third-order valence-electron chi connectivity index (χ3n) is 1.37. The number of hydrogen-bond donors (Lipinski definition) is 1. The van der Waals surface area contributed by atoms with Crippen LogP contribution in [0.5, 0.6) is 0 Å². The molecular weight excluding hydrogens is 164 g/mol. The largest absolute Gasteiger partial charge is 0.480 e. The number of carbonyl (C=O) groups excluding carboxylic acids is 2. The van der Waals surface area contributed by atoms with Crippen molar-refractivity contribution in [2.24, 2.45) is 5.92 Å². The van der Waals surface area contributed by atoms with E-state index in [1.165, 1.54) is 6.92 Å². The average Bonchev–Trinajstić information content (AvgIpc) is 1.82. The van der Waals surface area contributed by atoms with Crippen LogP contribution in [0.25, 0.3) is 0 Å². The van der Waals surface area contributed by atoms with Crippen molar-refractivity contribution in [3.8, 4) is 0 Å². The van der Waals surface area contributed by atoms with Crippen LogP contribution in [0.1, 0.15) is 6.92 Å². The van der Waals surface area contributed by atoms with E-state index >= 15 is 0 Å². The van der Waals surface area contributed by atoms with Crippen LogP contribution >= 0.6 is 0 Å². The molecule has 0 fully saturated rings. The zero-order valence-corrected chi connectivity index (χ0v) is 6.23. The molecule has 1 rings (SSSR count). The fraction of sp³-hybridized carbons (Fsp3) is 0.286. The van der Waals surface area contributed by atoms with Crippen molar-refractivity contribution in [3.05, 3.63) is 11.8 Å². The maximum absolute atomic E-state index is 10.9. The Morgan fingerprint density at radius 3 is 2.58 bits per heavy atom. The average molecular weight is 170 g/mol.